The maximum Gasteiger partial charge on any atom is 0.0131 e. The fourth-order valence-electron chi connectivity index (χ4n) is 5.95. The van der Waals surface area contributed by atoms with Crippen molar-refractivity contribution in [1.82, 2.24) is 0 Å². The Kier molecular flexibility index (Phi) is 9.27. The molecule has 0 N–H and O–H groups in total. The molecule has 42 heavy (non-hydrogen) atoms. The molecular weight excluding hydrogens is 504 g/mol. The Bertz CT molecular complexity index is 1810. The van der Waals surface area contributed by atoms with E-state index in [1.165, 1.54) is 43.8 Å². The van der Waals surface area contributed by atoms with E-state index in [1.807, 2.05) is 18.2 Å². The van der Waals surface area contributed by atoms with Crippen LogP contribution in [0.25, 0.3) is 33.9 Å². The van der Waals surface area contributed by atoms with Crippen LogP contribution in [0.4, 0.5) is 0 Å². The lowest BCUT2D eigenvalue weighted by Crippen LogP contribution is -2.28. The molecule has 0 saturated carbocycles. The molecule has 0 amide bonds. The summed E-state index contributed by atoms with van der Waals surface area (Å²) in [6.07, 6.45) is 30.2. The van der Waals surface area contributed by atoms with Crippen molar-refractivity contribution in [2.45, 2.75) is 13.8 Å². The predicted molar refractivity (Wildman–Crippen MR) is 185 cm³/mol. The maximum atomic E-state index is 4.11. The van der Waals surface area contributed by atoms with Gasteiger partial charge in [0.1, 0.15) is 0 Å². The van der Waals surface area contributed by atoms with Gasteiger partial charge >= 0.3 is 0 Å². The molecular formula is C42H38. The molecule has 5 rings (SSSR count). The molecule has 2 aliphatic carbocycles. The second-order valence-electron chi connectivity index (χ2n) is 10.6. The first-order valence-corrected chi connectivity index (χ1v) is 14.6. The minimum absolute atomic E-state index is 0.152. The third-order valence-corrected chi connectivity index (χ3v) is 8.07. The Morgan fingerprint density at radius 1 is 0.690 bits per heavy atom. The molecule has 0 aliphatic heterocycles. The third kappa shape index (κ3) is 6.19. The van der Waals surface area contributed by atoms with Crippen molar-refractivity contribution in [2.24, 2.45) is 11.8 Å². The summed E-state index contributed by atoms with van der Waals surface area (Å²) >= 11 is 0. The van der Waals surface area contributed by atoms with E-state index in [0.29, 0.717) is 0 Å². The van der Waals surface area contributed by atoms with Crippen molar-refractivity contribution in [2.75, 3.05) is 0 Å². The van der Waals surface area contributed by atoms with Crippen LogP contribution in [0.3, 0.4) is 0 Å². The first kappa shape index (κ1) is 28.6. The lowest BCUT2D eigenvalue weighted by molar-refractivity contribution is 0.662. The Morgan fingerprint density at radius 3 is 2.12 bits per heavy atom. The summed E-state index contributed by atoms with van der Waals surface area (Å²) in [5.74, 6) is 0.327. The minimum atomic E-state index is 0.152. The molecule has 0 saturated heterocycles. The smallest absolute Gasteiger partial charge is 0.0131 e. The third-order valence-electron chi connectivity index (χ3n) is 8.07. The molecule has 3 aromatic rings. The lowest BCUT2D eigenvalue weighted by atomic mass is 9.73. The van der Waals surface area contributed by atoms with Crippen molar-refractivity contribution in [3.8, 4) is 11.1 Å². The molecule has 3 aromatic carbocycles. The van der Waals surface area contributed by atoms with E-state index in [4.69, 9.17) is 0 Å². The number of benzene rings is 3. The average Bonchev–Trinajstić information content (AvgIpc) is 3.05. The molecule has 2 aliphatic rings. The number of allylic oxidation sites excluding steroid dienone is 16. The van der Waals surface area contributed by atoms with Gasteiger partial charge in [-0.15, -0.1) is 0 Å². The van der Waals surface area contributed by atoms with E-state index in [9.17, 15) is 0 Å². The van der Waals surface area contributed by atoms with Crippen molar-refractivity contribution >= 4 is 22.8 Å². The minimum Gasteiger partial charge on any atom is -0.0990 e. The topological polar surface area (TPSA) is 0 Å². The van der Waals surface area contributed by atoms with Crippen LogP contribution in [0.5, 0.6) is 0 Å². The van der Waals surface area contributed by atoms with Crippen LogP contribution in [0.15, 0.2) is 171 Å². The number of rotatable bonds is 6. The number of hydrogen-bond acceptors (Lipinski definition) is 0. The van der Waals surface area contributed by atoms with Gasteiger partial charge in [-0.05, 0) is 87.0 Å². The number of hydrogen-bond donors (Lipinski definition) is 0. The van der Waals surface area contributed by atoms with Gasteiger partial charge in [0.2, 0.25) is 0 Å². The second-order valence-corrected chi connectivity index (χ2v) is 10.6. The Morgan fingerprint density at radius 2 is 1.38 bits per heavy atom. The maximum absolute atomic E-state index is 4.11. The molecule has 0 nitrogen and oxygen atoms in total. The van der Waals surface area contributed by atoms with Gasteiger partial charge in [-0.25, -0.2) is 0 Å². The Balaban J connectivity index is 1.74. The zero-order chi connectivity index (χ0) is 29.3. The van der Waals surface area contributed by atoms with Crippen LogP contribution in [0.2, 0.25) is 0 Å². The first-order chi connectivity index (χ1) is 20.6. The highest BCUT2D eigenvalue weighted by atomic mass is 14.3. The molecule has 206 valence electrons. The van der Waals surface area contributed by atoms with E-state index in [1.54, 1.807) is 0 Å². The van der Waals surface area contributed by atoms with Gasteiger partial charge in [0, 0.05) is 11.8 Å². The largest absolute Gasteiger partial charge is 0.0990 e. The van der Waals surface area contributed by atoms with Gasteiger partial charge < -0.3 is 0 Å². The fraction of sp³-hybridized carbons (Fsp3) is 0.0952. The first-order valence-electron chi connectivity index (χ1n) is 14.6. The van der Waals surface area contributed by atoms with Crippen molar-refractivity contribution < 1.29 is 0 Å². The van der Waals surface area contributed by atoms with Crippen molar-refractivity contribution in [3.63, 3.8) is 0 Å². The van der Waals surface area contributed by atoms with Crippen molar-refractivity contribution in [1.29, 1.82) is 0 Å². The number of fused-ring (bicyclic) bond motifs is 1. The SMILES string of the molecule is C=CC=C(C=C)c1cc(C2=CC=CC=CC=C(C(C)=c3ccccc3=CC)C3C=CC=CC23)cc(-c2ccccc2)c1. The summed E-state index contributed by atoms with van der Waals surface area (Å²) in [5, 5.41) is 2.53. The summed E-state index contributed by atoms with van der Waals surface area (Å²) in [6.45, 7) is 12.4. The molecule has 0 spiro atoms. The summed E-state index contributed by atoms with van der Waals surface area (Å²) in [5.41, 5.74) is 9.65. The van der Waals surface area contributed by atoms with E-state index in [2.05, 4.69) is 167 Å². The Labute approximate surface area is 251 Å². The molecule has 2 unspecified atom stereocenters. The van der Waals surface area contributed by atoms with E-state index >= 15 is 0 Å². The highest BCUT2D eigenvalue weighted by Crippen LogP contribution is 2.41. The molecule has 0 heteroatoms. The normalized spacial score (nSPS) is 19.5. The quantitative estimate of drug-likeness (QED) is 0.272. The second kappa shape index (κ2) is 13.6. The zero-order valence-corrected chi connectivity index (χ0v) is 24.6. The van der Waals surface area contributed by atoms with Gasteiger partial charge in [-0.1, -0.05) is 153 Å². The highest BCUT2D eigenvalue weighted by molar-refractivity contribution is 5.84. The zero-order valence-electron chi connectivity index (χ0n) is 24.6. The highest BCUT2D eigenvalue weighted by Gasteiger charge is 2.28. The monoisotopic (exact) mass is 542 g/mol. The van der Waals surface area contributed by atoms with Crippen LogP contribution in [0, 0.1) is 11.8 Å². The van der Waals surface area contributed by atoms with E-state index in [0.717, 1.165) is 11.1 Å². The molecule has 0 heterocycles. The molecule has 0 bridgehead atoms. The van der Waals surface area contributed by atoms with E-state index < -0.39 is 0 Å². The summed E-state index contributed by atoms with van der Waals surface area (Å²) in [6, 6.07) is 26.2. The van der Waals surface area contributed by atoms with Crippen LogP contribution in [0.1, 0.15) is 25.0 Å². The predicted octanol–water partition coefficient (Wildman–Crippen LogP) is 9.57. The van der Waals surface area contributed by atoms with Gasteiger partial charge in [0.15, 0.2) is 0 Å². The van der Waals surface area contributed by atoms with Crippen LogP contribution in [-0.4, -0.2) is 0 Å². The Hall–Kier alpha value is -4.94. The van der Waals surface area contributed by atoms with Crippen LogP contribution < -0.4 is 10.4 Å². The van der Waals surface area contributed by atoms with Gasteiger partial charge in [-0.2, -0.15) is 0 Å². The van der Waals surface area contributed by atoms with E-state index in [-0.39, 0.29) is 11.8 Å². The van der Waals surface area contributed by atoms with Gasteiger partial charge in [0.25, 0.3) is 0 Å². The average molecular weight is 543 g/mol. The lowest BCUT2D eigenvalue weighted by Gasteiger charge is -2.30. The molecule has 0 radical (unpaired) electrons. The van der Waals surface area contributed by atoms with Crippen LogP contribution >= 0.6 is 0 Å². The fourth-order valence-corrected chi connectivity index (χ4v) is 5.95. The molecule has 2 atom stereocenters. The molecule has 0 fully saturated rings. The standard InChI is InChI=1S/C42H38/c1-5-19-32(6-2)35-28-36(34-21-11-10-12-22-34)30-37(29-35)40-25-14-9-8-13-24-39(41-26-17-18-27-42(40)41)31(4)38-23-16-15-20-33(38)7-3/h5-30,41-42H,1-2H2,3-4H3. The summed E-state index contributed by atoms with van der Waals surface area (Å²) < 4.78 is 0. The molecule has 0 aromatic heterocycles. The van der Waals surface area contributed by atoms with Gasteiger partial charge in [0.05, 0.1) is 0 Å². The van der Waals surface area contributed by atoms with Crippen LogP contribution in [-0.2, 0) is 0 Å². The summed E-state index contributed by atoms with van der Waals surface area (Å²) in [7, 11) is 0. The van der Waals surface area contributed by atoms with Crippen molar-refractivity contribution in [3.05, 3.63) is 192 Å². The van der Waals surface area contributed by atoms with Gasteiger partial charge in [-0.3, -0.25) is 0 Å². The summed E-state index contributed by atoms with van der Waals surface area (Å²) in [4.78, 5) is 0.